The van der Waals surface area contributed by atoms with Crippen LogP contribution in [0, 0.1) is 11.3 Å². The Balaban J connectivity index is 1.49. The summed E-state index contributed by atoms with van der Waals surface area (Å²) in [5.41, 5.74) is 3.37. The van der Waals surface area contributed by atoms with Crippen LogP contribution in [0.4, 0.5) is 0 Å². The maximum Gasteiger partial charge on any atom is 0.268 e. The average Bonchev–Trinajstić information content (AvgIpc) is 3.44. The lowest BCUT2D eigenvalue weighted by Crippen LogP contribution is -2.36. The molecule has 0 unspecified atom stereocenters. The first-order valence-corrected chi connectivity index (χ1v) is 11.4. The quantitative estimate of drug-likeness (QED) is 0.473. The molecule has 0 bridgehead atoms. The van der Waals surface area contributed by atoms with Crippen molar-refractivity contribution >= 4 is 10.0 Å². The van der Waals surface area contributed by atoms with E-state index in [0.29, 0.717) is 30.1 Å². The van der Waals surface area contributed by atoms with Crippen molar-refractivity contribution in [2.24, 2.45) is 7.05 Å². The number of nitrogens with zero attached hydrogens (tertiary/aromatic N) is 6. The standard InChI is InChI=1S/C22H18N6O3S/c1-27-19-11-12-28(32(29,30)17-9-7-15(13-23)8-10-17)14-18(19)20(26-27)22-25-24-21(31-22)16-5-3-2-4-6-16/h2-10H,11-12,14H2,1H3. The second kappa shape index (κ2) is 7.71. The molecule has 0 atom stereocenters. The van der Waals surface area contributed by atoms with Crippen molar-refractivity contribution in [3.05, 3.63) is 71.4 Å². The highest BCUT2D eigenvalue weighted by molar-refractivity contribution is 7.89. The monoisotopic (exact) mass is 446 g/mol. The molecule has 0 saturated carbocycles. The van der Waals surface area contributed by atoms with E-state index in [9.17, 15) is 8.42 Å². The molecule has 32 heavy (non-hydrogen) atoms. The van der Waals surface area contributed by atoms with E-state index in [-0.39, 0.29) is 17.3 Å². The van der Waals surface area contributed by atoms with Crippen LogP contribution in [0.25, 0.3) is 23.0 Å². The molecule has 0 aliphatic carbocycles. The molecular formula is C22H18N6O3S. The summed E-state index contributed by atoms with van der Waals surface area (Å²) in [5, 5.41) is 21.8. The van der Waals surface area contributed by atoms with Gasteiger partial charge in [0, 0.05) is 43.4 Å². The Bertz CT molecular complexity index is 1430. The van der Waals surface area contributed by atoms with Crippen molar-refractivity contribution < 1.29 is 12.8 Å². The normalized spacial score (nSPS) is 14.1. The fourth-order valence-corrected chi connectivity index (χ4v) is 5.22. The van der Waals surface area contributed by atoms with E-state index >= 15 is 0 Å². The first-order chi connectivity index (χ1) is 15.5. The summed E-state index contributed by atoms with van der Waals surface area (Å²) in [6, 6.07) is 17.3. The van der Waals surface area contributed by atoms with Gasteiger partial charge in [-0.15, -0.1) is 10.2 Å². The first-order valence-electron chi connectivity index (χ1n) is 9.92. The molecule has 2 aromatic heterocycles. The van der Waals surface area contributed by atoms with Gasteiger partial charge in [-0.25, -0.2) is 8.42 Å². The molecule has 4 aromatic rings. The maximum atomic E-state index is 13.2. The molecule has 0 amide bonds. The second-order valence-corrected chi connectivity index (χ2v) is 9.34. The first kappa shape index (κ1) is 20.1. The number of aromatic nitrogens is 4. The molecule has 10 heteroatoms. The number of benzene rings is 2. The molecule has 5 rings (SSSR count). The van der Waals surface area contributed by atoms with Crippen LogP contribution in [-0.2, 0) is 30.0 Å². The van der Waals surface area contributed by atoms with Crippen LogP contribution in [0.5, 0.6) is 0 Å². The van der Waals surface area contributed by atoms with E-state index in [0.717, 1.165) is 16.8 Å². The molecule has 1 aliphatic rings. The zero-order valence-electron chi connectivity index (χ0n) is 17.1. The molecule has 160 valence electrons. The molecule has 0 saturated heterocycles. The molecular weight excluding hydrogens is 428 g/mol. The van der Waals surface area contributed by atoms with Crippen LogP contribution in [0.1, 0.15) is 16.8 Å². The number of sulfonamides is 1. The number of fused-ring (bicyclic) bond motifs is 1. The van der Waals surface area contributed by atoms with Crippen molar-refractivity contribution in [3.63, 3.8) is 0 Å². The van der Waals surface area contributed by atoms with Gasteiger partial charge >= 0.3 is 0 Å². The topological polar surface area (TPSA) is 118 Å². The molecule has 0 spiro atoms. The number of aryl methyl sites for hydroxylation is 1. The van der Waals surface area contributed by atoms with Gasteiger partial charge in [-0.2, -0.15) is 14.7 Å². The minimum Gasteiger partial charge on any atom is -0.415 e. The minimum absolute atomic E-state index is 0.143. The molecule has 3 heterocycles. The Morgan fingerprint density at radius 3 is 2.47 bits per heavy atom. The van der Waals surface area contributed by atoms with E-state index in [2.05, 4.69) is 15.3 Å². The van der Waals surface area contributed by atoms with Gasteiger partial charge in [0.25, 0.3) is 5.89 Å². The zero-order chi connectivity index (χ0) is 22.3. The highest BCUT2D eigenvalue weighted by Gasteiger charge is 2.33. The summed E-state index contributed by atoms with van der Waals surface area (Å²) in [5.74, 6) is 0.621. The highest BCUT2D eigenvalue weighted by atomic mass is 32.2. The number of hydrogen-bond acceptors (Lipinski definition) is 7. The third kappa shape index (κ3) is 3.37. The van der Waals surface area contributed by atoms with Crippen molar-refractivity contribution in [1.82, 2.24) is 24.3 Å². The summed E-state index contributed by atoms with van der Waals surface area (Å²) in [4.78, 5) is 0.148. The van der Waals surface area contributed by atoms with Gasteiger partial charge in [-0.1, -0.05) is 18.2 Å². The van der Waals surface area contributed by atoms with Gasteiger partial charge < -0.3 is 4.42 Å². The molecule has 2 aromatic carbocycles. The Labute approximate surface area is 184 Å². The van der Waals surface area contributed by atoms with E-state index in [1.165, 1.54) is 28.6 Å². The summed E-state index contributed by atoms with van der Waals surface area (Å²) in [6.45, 7) is 0.470. The third-order valence-corrected chi connectivity index (χ3v) is 7.34. The van der Waals surface area contributed by atoms with Gasteiger partial charge in [-0.05, 0) is 36.4 Å². The van der Waals surface area contributed by atoms with Crippen molar-refractivity contribution in [2.75, 3.05) is 6.54 Å². The van der Waals surface area contributed by atoms with Crippen LogP contribution in [0.2, 0.25) is 0 Å². The minimum atomic E-state index is -3.74. The molecule has 0 N–H and O–H groups in total. The lowest BCUT2D eigenvalue weighted by molar-refractivity contribution is 0.386. The average molecular weight is 446 g/mol. The molecule has 0 fully saturated rings. The fourth-order valence-electron chi connectivity index (χ4n) is 3.81. The van der Waals surface area contributed by atoms with Crippen LogP contribution in [-0.4, -0.2) is 39.2 Å². The van der Waals surface area contributed by atoms with Gasteiger partial charge in [-0.3, -0.25) is 4.68 Å². The molecule has 0 radical (unpaired) electrons. The van der Waals surface area contributed by atoms with Gasteiger partial charge in [0.1, 0.15) is 0 Å². The zero-order valence-corrected chi connectivity index (χ0v) is 18.0. The third-order valence-electron chi connectivity index (χ3n) is 5.48. The van der Waals surface area contributed by atoms with Crippen molar-refractivity contribution in [2.45, 2.75) is 17.9 Å². The smallest absolute Gasteiger partial charge is 0.268 e. The Hall–Kier alpha value is -3.81. The summed E-state index contributed by atoms with van der Waals surface area (Å²) >= 11 is 0. The van der Waals surface area contributed by atoms with Gasteiger partial charge in [0.2, 0.25) is 15.9 Å². The van der Waals surface area contributed by atoms with E-state index < -0.39 is 10.0 Å². The van der Waals surface area contributed by atoms with E-state index in [1.807, 2.05) is 43.4 Å². The number of hydrogen-bond donors (Lipinski definition) is 0. The van der Waals surface area contributed by atoms with Crippen LogP contribution < -0.4 is 0 Å². The van der Waals surface area contributed by atoms with Crippen molar-refractivity contribution in [1.29, 1.82) is 5.26 Å². The highest BCUT2D eigenvalue weighted by Crippen LogP contribution is 2.32. The van der Waals surface area contributed by atoms with Crippen molar-refractivity contribution in [3.8, 4) is 29.1 Å². The van der Waals surface area contributed by atoms with Gasteiger partial charge in [0.15, 0.2) is 5.69 Å². The Morgan fingerprint density at radius 1 is 1.03 bits per heavy atom. The predicted octanol–water partition coefficient (Wildman–Crippen LogP) is 2.76. The number of rotatable bonds is 4. The lowest BCUT2D eigenvalue weighted by atomic mass is 10.1. The maximum absolute atomic E-state index is 13.2. The SMILES string of the molecule is Cn1nc(-c2nnc(-c3ccccc3)o2)c2c1CCN(S(=O)(=O)c1ccc(C#N)cc1)C2. The summed E-state index contributed by atoms with van der Waals surface area (Å²) < 4.78 is 35.4. The fraction of sp³-hybridized carbons (Fsp3) is 0.182. The van der Waals surface area contributed by atoms with Crippen LogP contribution in [0.3, 0.4) is 0 Å². The summed E-state index contributed by atoms with van der Waals surface area (Å²) in [6.07, 6.45) is 0.508. The van der Waals surface area contributed by atoms with E-state index in [4.69, 9.17) is 9.68 Å². The predicted molar refractivity (Wildman–Crippen MR) is 114 cm³/mol. The van der Waals surface area contributed by atoms with Crippen LogP contribution >= 0.6 is 0 Å². The number of nitriles is 1. The van der Waals surface area contributed by atoms with Gasteiger partial charge in [0.05, 0.1) is 16.5 Å². The Kier molecular flexibility index (Phi) is 4.84. The van der Waals surface area contributed by atoms with E-state index in [1.54, 1.807) is 4.68 Å². The largest absolute Gasteiger partial charge is 0.415 e. The van der Waals surface area contributed by atoms with Crippen LogP contribution in [0.15, 0.2) is 63.9 Å². The Morgan fingerprint density at radius 2 is 1.75 bits per heavy atom. The summed E-state index contributed by atoms with van der Waals surface area (Å²) in [7, 11) is -1.92. The molecule has 9 nitrogen and oxygen atoms in total. The lowest BCUT2D eigenvalue weighted by Gasteiger charge is -2.26. The molecule has 1 aliphatic heterocycles. The second-order valence-electron chi connectivity index (χ2n) is 7.40.